The van der Waals surface area contributed by atoms with Crippen LogP contribution in [0.25, 0.3) is 0 Å². The van der Waals surface area contributed by atoms with E-state index in [-0.39, 0.29) is 11.9 Å². The van der Waals surface area contributed by atoms with Gasteiger partial charge in [0, 0.05) is 12.3 Å². The first-order valence-electron chi connectivity index (χ1n) is 8.62. The van der Waals surface area contributed by atoms with E-state index >= 15 is 0 Å². The lowest BCUT2D eigenvalue weighted by Crippen LogP contribution is -2.15. The fourth-order valence-electron chi connectivity index (χ4n) is 2.97. The minimum atomic E-state index is -0.113. The number of ketones is 1. The van der Waals surface area contributed by atoms with Gasteiger partial charge in [-0.25, -0.2) is 0 Å². The Kier molecular flexibility index (Phi) is 9.52. The summed E-state index contributed by atoms with van der Waals surface area (Å²) in [5, 5.41) is 0. The highest BCUT2D eigenvalue weighted by molar-refractivity contribution is 5.94. The molecular formula is C19H30O3. The summed E-state index contributed by atoms with van der Waals surface area (Å²) < 4.78 is 4.62. The summed E-state index contributed by atoms with van der Waals surface area (Å²) >= 11 is 0. The van der Waals surface area contributed by atoms with Crippen molar-refractivity contribution in [3.8, 4) is 0 Å². The Balaban J connectivity index is 2.12. The molecular weight excluding hydrogens is 276 g/mol. The van der Waals surface area contributed by atoms with Gasteiger partial charge in [0.1, 0.15) is 0 Å². The quantitative estimate of drug-likeness (QED) is 0.318. The van der Waals surface area contributed by atoms with E-state index in [1.807, 2.05) is 0 Å². The molecule has 0 saturated carbocycles. The molecule has 0 bridgehead atoms. The van der Waals surface area contributed by atoms with Crippen LogP contribution >= 0.6 is 0 Å². The highest BCUT2D eigenvalue weighted by atomic mass is 16.5. The van der Waals surface area contributed by atoms with Crippen LogP contribution in [-0.2, 0) is 14.3 Å². The third kappa shape index (κ3) is 7.06. The minimum Gasteiger partial charge on any atom is -0.469 e. The van der Waals surface area contributed by atoms with Crippen molar-refractivity contribution in [3.05, 3.63) is 24.3 Å². The van der Waals surface area contributed by atoms with E-state index in [0.29, 0.717) is 18.1 Å². The van der Waals surface area contributed by atoms with Gasteiger partial charge in [0.05, 0.1) is 7.11 Å². The molecule has 124 valence electrons. The summed E-state index contributed by atoms with van der Waals surface area (Å²) in [6.07, 6.45) is 17.2. The average Bonchev–Trinajstić information content (AvgIpc) is 2.87. The minimum absolute atomic E-state index is 0.113. The zero-order valence-electron chi connectivity index (χ0n) is 14.1. The molecule has 0 saturated heterocycles. The SMILES string of the molecule is CC/C=C\C[C@H]1C(=O)C=C[C@@H]1CCCCCCCC(=O)OC. The summed E-state index contributed by atoms with van der Waals surface area (Å²) in [4.78, 5) is 22.9. The Labute approximate surface area is 134 Å². The van der Waals surface area contributed by atoms with Gasteiger partial charge in [-0.3, -0.25) is 9.59 Å². The Hall–Kier alpha value is -1.38. The van der Waals surface area contributed by atoms with Crippen LogP contribution in [0.4, 0.5) is 0 Å². The van der Waals surface area contributed by atoms with Gasteiger partial charge < -0.3 is 4.74 Å². The molecule has 1 rings (SSSR count). The lowest BCUT2D eigenvalue weighted by Gasteiger charge is -2.16. The third-order valence-electron chi connectivity index (χ3n) is 4.33. The molecule has 1 aliphatic rings. The summed E-state index contributed by atoms with van der Waals surface area (Å²) in [7, 11) is 1.44. The summed E-state index contributed by atoms with van der Waals surface area (Å²) in [6, 6.07) is 0. The number of allylic oxidation sites excluding steroid dienone is 4. The molecule has 0 aromatic rings. The highest BCUT2D eigenvalue weighted by Gasteiger charge is 2.28. The van der Waals surface area contributed by atoms with Crippen LogP contribution in [0.15, 0.2) is 24.3 Å². The number of hydrogen-bond acceptors (Lipinski definition) is 3. The number of esters is 1. The molecule has 3 nitrogen and oxygen atoms in total. The van der Waals surface area contributed by atoms with Crippen LogP contribution < -0.4 is 0 Å². The van der Waals surface area contributed by atoms with Crippen LogP contribution in [-0.4, -0.2) is 18.9 Å². The smallest absolute Gasteiger partial charge is 0.305 e. The van der Waals surface area contributed by atoms with Crippen molar-refractivity contribution >= 4 is 11.8 Å². The first-order valence-corrected chi connectivity index (χ1v) is 8.62. The molecule has 0 unspecified atom stereocenters. The number of rotatable bonds is 11. The van der Waals surface area contributed by atoms with Gasteiger partial charge in [0.25, 0.3) is 0 Å². The predicted octanol–water partition coefficient (Wildman–Crippen LogP) is 4.62. The number of ether oxygens (including phenoxy) is 1. The summed E-state index contributed by atoms with van der Waals surface area (Å²) in [5.74, 6) is 0.771. The van der Waals surface area contributed by atoms with Crippen LogP contribution in [0.1, 0.15) is 64.7 Å². The lowest BCUT2D eigenvalue weighted by molar-refractivity contribution is -0.140. The van der Waals surface area contributed by atoms with Gasteiger partial charge in [-0.1, -0.05) is 50.8 Å². The Morgan fingerprint density at radius 1 is 1.18 bits per heavy atom. The van der Waals surface area contributed by atoms with E-state index < -0.39 is 0 Å². The molecule has 0 aromatic heterocycles. The fraction of sp³-hybridized carbons (Fsp3) is 0.684. The Morgan fingerprint density at radius 2 is 1.91 bits per heavy atom. The van der Waals surface area contributed by atoms with Crippen LogP contribution in [0.2, 0.25) is 0 Å². The molecule has 0 aromatic carbocycles. The second kappa shape index (κ2) is 11.2. The number of methoxy groups -OCH3 is 1. The molecule has 0 aliphatic heterocycles. The van der Waals surface area contributed by atoms with Gasteiger partial charge >= 0.3 is 5.97 Å². The van der Waals surface area contributed by atoms with E-state index in [1.165, 1.54) is 13.5 Å². The second-order valence-electron chi connectivity index (χ2n) is 6.03. The standard InChI is InChI=1S/C19H30O3/c1-3-4-8-12-17-16(14-15-18(17)20)11-9-6-5-7-10-13-19(21)22-2/h4,8,14-17H,3,5-7,9-13H2,1-2H3/b8-4-/t16-,17+/m0/s1. The molecule has 22 heavy (non-hydrogen) atoms. The zero-order valence-corrected chi connectivity index (χ0v) is 14.1. The topological polar surface area (TPSA) is 43.4 Å². The maximum atomic E-state index is 11.9. The van der Waals surface area contributed by atoms with Crippen molar-refractivity contribution in [2.24, 2.45) is 11.8 Å². The number of unbranched alkanes of at least 4 members (excludes halogenated alkanes) is 4. The van der Waals surface area contributed by atoms with Crippen molar-refractivity contribution in [2.75, 3.05) is 7.11 Å². The summed E-state index contributed by atoms with van der Waals surface area (Å²) in [6.45, 7) is 2.11. The third-order valence-corrected chi connectivity index (χ3v) is 4.33. The molecule has 1 aliphatic carbocycles. The molecule has 0 spiro atoms. The molecule has 0 N–H and O–H groups in total. The number of carbonyl (C=O) groups is 2. The highest BCUT2D eigenvalue weighted by Crippen LogP contribution is 2.30. The van der Waals surface area contributed by atoms with Gasteiger partial charge in [-0.2, -0.15) is 0 Å². The average molecular weight is 306 g/mol. The van der Waals surface area contributed by atoms with Gasteiger partial charge in [-0.15, -0.1) is 0 Å². The van der Waals surface area contributed by atoms with Crippen molar-refractivity contribution in [1.82, 2.24) is 0 Å². The lowest BCUT2D eigenvalue weighted by atomic mass is 9.87. The van der Waals surface area contributed by atoms with E-state index in [9.17, 15) is 9.59 Å². The van der Waals surface area contributed by atoms with E-state index in [1.54, 1.807) is 6.08 Å². The molecule has 0 heterocycles. The maximum absolute atomic E-state index is 11.9. The Bertz CT molecular complexity index is 395. The molecule has 0 amide bonds. The fourth-order valence-corrected chi connectivity index (χ4v) is 2.97. The second-order valence-corrected chi connectivity index (χ2v) is 6.03. The zero-order chi connectivity index (χ0) is 16.2. The summed E-state index contributed by atoms with van der Waals surface area (Å²) in [5.41, 5.74) is 0. The van der Waals surface area contributed by atoms with Crippen molar-refractivity contribution in [3.63, 3.8) is 0 Å². The number of carbonyl (C=O) groups excluding carboxylic acids is 2. The monoisotopic (exact) mass is 306 g/mol. The first kappa shape index (κ1) is 18.7. The first-order chi connectivity index (χ1) is 10.7. The maximum Gasteiger partial charge on any atom is 0.305 e. The van der Waals surface area contributed by atoms with E-state index in [4.69, 9.17) is 0 Å². The van der Waals surface area contributed by atoms with Crippen molar-refractivity contribution < 1.29 is 14.3 Å². The number of hydrogen-bond donors (Lipinski definition) is 0. The van der Waals surface area contributed by atoms with Crippen LogP contribution in [0.5, 0.6) is 0 Å². The Morgan fingerprint density at radius 3 is 2.64 bits per heavy atom. The molecule has 0 radical (unpaired) electrons. The van der Waals surface area contributed by atoms with Crippen LogP contribution in [0, 0.1) is 11.8 Å². The normalized spacial score (nSPS) is 20.9. The van der Waals surface area contributed by atoms with Gasteiger partial charge in [0.2, 0.25) is 0 Å². The largest absolute Gasteiger partial charge is 0.469 e. The van der Waals surface area contributed by atoms with Crippen LogP contribution in [0.3, 0.4) is 0 Å². The molecule has 0 fully saturated rings. The molecule has 2 atom stereocenters. The predicted molar refractivity (Wildman–Crippen MR) is 89.5 cm³/mol. The molecule has 3 heteroatoms. The van der Waals surface area contributed by atoms with E-state index in [0.717, 1.165) is 44.9 Å². The van der Waals surface area contributed by atoms with Crippen molar-refractivity contribution in [1.29, 1.82) is 0 Å². The van der Waals surface area contributed by atoms with Crippen molar-refractivity contribution in [2.45, 2.75) is 64.7 Å². The van der Waals surface area contributed by atoms with E-state index in [2.05, 4.69) is 29.9 Å². The van der Waals surface area contributed by atoms with Gasteiger partial charge in [-0.05, 0) is 37.7 Å². The van der Waals surface area contributed by atoms with Gasteiger partial charge in [0.15, 0.2) is 5.78 Å².